The van der Waals surface area contributed by atoms with E-state index in [1.165, 1.54) is 17.3 Å². The van der Waals surface area contributed by atoms with Crippen molar-refractivity contribution in [3.05, 3.63) is 107 Å². The predicted molar refractivity (Wildman–Crippen MR) is 124 cm³/mol. The molecule has 0 fully saturated rings. The molecule has 1 aromatic heterocycles. The molecule has 0 aliphatic heterocycles. The smallest absolute Gasteiger partial charge is 0.230 e. The molecule has 0 saturated heterocycles. The van der Waals surface area contributed by atoms with Crippen LogP contribution in [0.4, 0.5) is 0 Å². The topological polar surface area (TPSA) is 59.8 Å². The fraction of sp³-hybridized carbons (Fsp3) is 0.160. The Kier molecular flexibility index (Phi) is 6.79. The zero-order chi connectivity index (χ0) is 21.5. The summed E-state index contributed by atoms with van der Waals surface area (Å²) in [7, 11) is 0. The highest BCUT2D eigenvalue weighted by atomic mass is 32.2. The number of carbonyl (C=O) groups is 1. The molecule has 0 radical (unpaired) electrons. The zero-order valence-corrected chi connectivity index (χ0v) is 18.2. The van der Waals surface area contributed by atoms with E-state index in [1.54, 1.807) is 0 Å². The van der Waals surface area contributed by atoms with Gasteiger partial charge in [0.1, 0.15) is 5.82 Å². The molecular weight excluding hydrogens is 404 g/mol. The number of aromatic nitrogens is 3. The van der Waals surface area contributed by atoms with E-state index in [0.717, 1.165) is 27.8 Å². The highest BCUT2D eigenvalue weighted by Gasteiger charge is 2.17. The molecule has 156 valence electrons. The van der Waals surface area contributed by atoms with Crippen molar-refractivity contribution in [3.63, 3.8) is 0 Å². The van der Waals surface area contributed by atoms with Gasteiger partial charge in [0.25, 0.3) is 0 Å². The van der Waals surface area contributed by atoms with Gasteiger partial charge in [-0.25, -0.2) is 0 Å². The Balaban J connectivity index is 1.51. The second kappa shape index (κ2) is 10.1. The first-order chi connectivity index (χ1) is 15.2. The van der Waals surface area contributed by atoms with Crippen molar-refractivity contribution in [1.29, 1.82) is 0 Å². The molecule has 6 heteroatoms. The lowest BCUT2D eigenvalue weighted by Crippen LogP contribution is -2.24. The number of amides is 1. The van der Waals surface area contributed by atoms with Gasteiger partial charge >= 0.3 is 0 Å². The Labute approximate surface area is 186 Å². The summed E-state index contributed by atoms with van der Waals surface area (Å²) in [5.74, 6) is 1.10. The van der Waals surface area contributed by atoms with Crippen molar-refractivity contribution in [1.82, 2.24) is 20.1 Å². The molecule has 0 spiro atoms. The van der Waals surface area contributed by atoms with Gasteiger partial charge in [-0.1, -0.05) is 90.6 Å². The van der Waals surface area contributed by atoms with E-state index in [-0.39, 0.29) is 11.7 Å². The second-order valence-corrected chi connectivity index (χ2v) is 8.18. The first kappa shape index (κ1) is 20.9. The van der Waals surface area contributed by atoms with E-state index in [1.807, 2.05) is 60.7 Å². The lowest BCUT2D eigenvalue weighted by molar-refractivity contribution is -0.118. The molecule has 0 atom stereocenters. The van der Waals surface area contributed by atoms with Crippen molar-refractivity contribution in [3.8, 4) is 5.69 Å². The molecule has 0 unspecified atom stereocenters. The molecular formula is C25H24N4OS. The molecule has 0 bridgehead atoms. The summed E-state index contributed by atoms with van der Waals surface area (Å²) in [6, 6.07) is 28.3. The lowest BCUT2D eigenvalue weighted by atomic mass is 10.1. The fourth-order valence-electron chi connectivity index (χ4n) is 3.32. The number of aryl methyl sites for hydroxylation is 1. The van der Waals surface area contributed by atoms with Gasteiger partial charge in [0, 0.05) is 13.0 Å². The maximum absolute atomic E-state index is 12.4. The third-order valence-electron chi connectivity index (χ3n) is 4.93. The minimum Gasteiger partial charge on any atom is -0.351 e. The maximum Gasteiger partial charge on any atom is 0.230 e. The number of thioether (sulfide) groups is 1. The van der Waals surface area contributed by atoms with Crippen molar-refractivity contribution >= 4 is 17.7 Å². The maximum atomic E-state index is 12.4. The van der Waals surface area contributed by atoms with Gasteiger partial charge in [-0.15, -0.1) is 10.2 Å². The Morgan fingerprint density at radius 2 is 1.52 bits per heavy atom. The molecule has 1 N–H and O–H groups in total. The first-order valence-electron chi connectivity index (χ1n) is 10.2. The molecule has 3 aromatic carbocycles. The Morgan fingerprint density at radius 1 is 0.871 bits per heavy atom. The number of rotatable bonds is 8. The lowest BCUT2D eigenvalue weighted by Gasteiger charge is -2.13. The Morgan fingerprint density at radius 3 is 2.23 bits per heavy atom. The fourth-order valence-corrected chi connectivity index (χ4v) is 4.11. The number of carbonyl (C=O) groups excluding carboxylic acids is 1. The van der Waals surface area contributed by atoms with Crippen LogP contribution in [0.15, 0.2) is 90.1 Å². The highest BCUT2D eigenvalue weighted by Crippen LogP contribution is 2.25. The van der Waals surface area contributed by atoms with Crippen LogP contribution in [0.5, 0.6) is 0 Å². The molecule has 0 aliphatic carbocycles. The summed E-state index contributed by atoms with van der Waals surface area (Å²) < 4.78 is 2.07. The van der Waals surface area contributed by atoms with E-state index in [0.29, 0.717) is 13.0 Å². The van der Waals surface area contributed by atoms with Crippen LogP contribution in [0.2, 0.25) is 0 Å². The largest absolute Gasteiger partial charge is 0.351 e. The molecule has 0 aliphatic rings. The van der Waals surface area contributed by atoms with Gasteiger partial charge in [0.15, 0.2) is 5.16 Å². The zero-order valence-electron chi connectivity index (χ0n) is 17.4. The van der Waals surface area contributed by atoms with Crippen LogP contribution in [0.25, 0.3) is 5.69 Å². The number of nitrogens with zero attached hydrogens (tertiary/aromatic N) is 3. The van der Waals surface area contributed by atoms with E-state index in [4.69, 9.17) is 0 Å². The minimum atomic E-state index is -0.0298. The minimum absolute atomic E-state index is 0.0298. The van der Waals surface area contributed by atoms with Gasteiger partial charge in [-0.2, -0.15) is 0 Å². The van der Waals surface area contributed by atoms with Crippen molar-refractivity contribution in [2.45, 2.75) is 25.0 Å². The third kappa shape index (κ3) is 5.41. The summed E-state index contributed by atoms with van der Waals surface area (Å²) >= 11 is 1.40. The number of hydrogen-bond donors (Lipinski definition) is 1. The summed E-state index contributed by atoms with van der Waals surface area (Å²) in [4.78, 5) is 12.4. The predicted octanol–water partition coefficient (Wildman–Crippen LogP) is 4.58. The van der Waals surface area contributed by atoms with Gasteiger partial charge in [-0.3, -0.25) is 9.36 Å². The number of hydrogen-bond acceptors (Lipinski definition) is 4. The van der Waals surface area contributed by atoms with E-state index < -0.39 is 0 Å². The quantitative estimate of drug-likeness (QED) is 0.418. The van der Waals surface area contributed by atoms with Crippen molar-refractivity contribution in [2.24, 2.45) is 0 Å². The second-order valence-electron chi connectivity index (χ2n) is 7.23. The highest BCUT2D eigenvalue weighted by molar-refractivity contribution is 7.99. The van der Waals surface area contributed by atoms with Gasteiger partial charge in [0.2, 0.25) is 5.91 Å². The summed E-state index contributed by atoms with van der Waals surface area (Å²) in [5, 5.41) is 12.6. The molecule has 31 heavy (non-hydrogen) atoms. The molecule has 0 saturated carbocycles. The van der Waals surface area contributed by atoms with E-state index in [9.17, 15) is 4.79 Å². The molecule has 4 aromatic rings. The monoisotopic (exact) mass is 428 g/mol. The number of benzene rings is 3. The first-order valence-corrected chi connectivity index (χ1v) is 11.2. The van der Waals surface area contributed by atoms with Gasteiger partial charge < -0.3 is 5.32 Å². The van der Waals surface area contributed by atoms with E-state index >= 15 is 0 Å². The van der Waals surface area contributed by atoms with E-state index in [2.05, 4.69) is 51.3 Å². The standard InChI is InChI=1S/C25H24N4OS/c1-19-10-8-9-15-22(19)29-23(16-20-11-4-2-5-12-20)27-28-25(29)31-18-24(30)26-17-21-13-6-3-7-14-21/h2-15H,16-18H2,1H3,(H,26,30). The van der Waals surface area contributed by atoms with Crippen molar-refractivity contribution < 1.29 is 4.79 Å². The summed E-state index contributed by atoms with van der Waals surface area (Å²) in [6.45, 7) is 2.59. The Bertz CT molecular complexity index is 1140. The Hall–Kier alpha value is -3.38. The number of nitrogens with one attached hydrogen (secondary N) is 1. The molecule has 1 amide bonds. The summed E-state index contributed by atoms with van der Waals surface area (Å²) in [6.07, 6.45) is 0.670. The molecule has 4 rings (SSSR count). The van der Waals surface area contributed by atoms with Crippen LogP contribution in [0, 0.1) is 6.92 Å². The van der Waals surface area contributed by atoms with Crippen LogP contribution in [-0.2, 0) is 17.8 Å². The molecule has 1 heterocycles. The average molecular weight is 429 g/mol. The van der Waals surface area contributed by atoms with Crippen LogP contribution < -0.4 is 5.32 Å². The van der Waals surface area contributed by atoms with Gasteiger partial charge in [-0.05, 0) is 29.7 Å². The van der Waals surface area contributed by atoms with Crippen LogP contribution >= 0.6 is 11.8 Å². The third-order valence-corrected chi connectivity index (χ3v) is 5.86. The van der Waals surface area contributed by atoms with Crippen LogP contribution in [0.1, 0.15) is 22.5 Å². The molecule has 5 nitrogen and oxygen atoms in total. The van der Waals surface area contributed by atoms with Crippen LogP contribution in [0.3, 0.4) is 0 Å². The summed E-state index contributed by atoms with van der Waals surface area (Å²) in [5.41, 5.74) is 4.41. The van der Waals surface area contributed by atoms with Crippen LogP contribution in [-0.4, -0.2) is 26.4 Å². The SMILES string of the molecule is Cc1ccccc1-n1c(Cc2ccccc2)nnc1SCC(=O)NCc1ccccc1. The number of para-hydroxylation sites is 1. The van der Waals surface area contributed by atoms with Crippen molar-refractivity contribution in [2.75, 3.05) is 5.75 Å². The average Bonchev–Trinajstić information content (AvgIpc) is 3.20. The van der Waals surface area contributed by atoms with Gasteiger partial charge in [0.05, 0.1) is 11.4 Å². The normalized spacial score (nSPS) is 10.7.